The summed E-state index contributed by atoms with van der Waals surface area (Å²) >= 11 is 0. The molecule has 7 heteroatoms. The topological polar surface area (TPSA) is 84.7 Å². The molecule has 0 bridgehead atoms. The summed E-state index contributed by atoms with van der Waals surface area (Å²) in [5, 5.41) is 6.23. The minimum atomic E-state index is -0.158. The lowest BCUT2D eigenvalue weighted by Crippen LogP contribution is -2.26. The van der Waals surface area contributed by atoms with E-state index >= 15 is 0 Å². The van der Waals surface area contributed by atoms with Crippen molar-refractivity contribution in [2.24, 2.45) is 0 Å². The van der Waals surface area contributed by atoms with Gasteiger partial charge in [-0.05, 0) is 54.8 Å². The maximum absolute atomic E-state index is 12.8. The minimum absolute atomic E-state index is 0.134. The van der Waals surface area contributed by atoms with Crippen molar-refractivity contribution in [3.8, 4) is 5.75 Å². The Bertz CT molecular complexity index is 1330. The van der Waals surface area contributed by atoms with Crippen molar-refractivity contribution in [2.45, 2.75) is 19.9 Å². The molecule has 2 heterocycles. The number of carbonyl (C=O) groups is 1. The van der Waals surface area contributed by atoms with Crippen molar-refractivity contribution in [2.75, 3.05) is 19.0 Å². The third-order valence-corrected chi connectivity index (χ3v) is 5.43. The monoisotopic (exact) mass is 442 g/mol. The number of anilines is 1. The zero-order chi connectivity index (χ0) is 23.2. The molecule has 0 aliphatic heterocycles. The van der Waals surface area contributed by atoms with Crippen LogP contribution in [-0.4, -0.2) is 28.9 Å². The SMILES string of the molecule is COc1ccc(CCNC(=O)c2ccccc2NCc2cc(=O)n3cccc(C)c3n2)cc1. The summed E-state index contributed by atoms with van der Waals surface area (Å²) in [6, 6.07) is 20.4. The fourth-order valence-electron chi connectivity index (χ4n) is 3.63. The highest BCUT2D eigenvalue weighted by atomic mass is 16.5. The molecule has 0 fully saturated rings. The number of hydrogen-bond acceptors (Lipinski definition) is 5. The number of benzene rings is 2. The molecule has 0 spiro atoms. The quantitative estimate of drug-likeness (QED) is 0.436. The van der Waals surface area contributed by atoms with Gasteiger partial charge < -0.3 is 15.4 Å². The van der Waals surface area contributed by atoms with E-state index in [1.165, 1.54) is 10.5 Å². The molecule has 0 atom stereocenters. The Morgan fingerprint density at radius 3 is 2.64 bits per heavy atom. The molecule has 0 saturated heterocycles. The number of pyridine rings is 1. The molecule has 4 rings (SSSR count). The Labute approximate surface area is 192 Å². The number of nitrogens with one attached hydrogen (secondary N) is 2. The van der Waals surface area contributed by atoms with Gasteiger partial charge in [0, 0.05) is 24.5 Å². The van der Waals surface area contributed by atoms with Crippen LogP contribution >= 0.6 is 0 Å². The van der Waals surface area contributed by atoms with E-state index in [2.05, 4.69) is 15.6 Å². The lowest BCUT2D eigenvalue weighted by molar-refractivity contribution is 0.0955. The molecule has 0 radical (unpaired) electrons. The van der Waals surface area contributed by atoms with Crippen LogP contribution in [0.15, 0.2) is 77.7 Å². The zero-order valence-corrected chi connectivity index (χ0v) is 18.7. The lowest BCUT2D eigenvalue weighted by atomic mass is 10.1. The molecule has 0 aliphatic rings. The maximum Gasteiger partial charge on any atom is 0.258 e. The van der Waals surface area contributed by atoms with Crippen LogP contribution in [-0.2, 0) is 13.0 Å². The highest BCUT2D eigenvalue weighted by molar-refractivity contribution is 5.99. The van der Waals surface area contributed by atoms with Gasteiger partial charge in [-0.1, -0.05) is 30.3 Å². The molecule has 4 aromatic rings. The summed E-state index contributed by atoms with van der Waals surface area (Å²) in [4.78, 5) is 29.8. The molecule has 7 nitrogen and oxygen atoms in total. The van der Waals surface area contributed by atoms with Gasteiger partial charge in [-0.3, -0.25) is 14.0 Å². The van der Waals surface area contributed by atoms with Gasteiger partial charge in [-0.25, -0.2) is 4.98 Å². The van der Waals surface area contributed by atoms with Crippen LogP contribution < -0.4 is 20.9 Å². The first kappa shape index (κ1) is 22.1. The second-order valence-corrected chi connectivity index (χ2v) is 7.72. The second-order valence-electron chi connectivity index (χ2n) is 7.72. The van der Waals surface area contributed by atoms with E-state index in [1.807, 2.05) is 61.5 Å². The average molecular weight is 443 g/mol. The number of amides is 1. The minimum Gasteiger partial charge on any atom is -0.497 e. The maximum atomic E-state index is 12.8. The van der Waals surface area contributed by atoms with E-state index in [9.17, 15) is 9.59 Å². The zero-order valence-electron chi connectivity index (χ0n) is 18.7. The first-order valence-corrected chi connectivity index (χ1v) is 10.8. The van der Waals surface area contributed by atoms with Crippen LogP contribution in [0.5, 0.6) is 5.75 Å². The van der Waals surface area contributed by atoms with Crippen LogP contribution in [0, 0.1) is 6.92 Å². The number of rotatable bonds is 8. The van der Waals surface area contributed by atoms with Crippen LogP contribution in [0.2, 0.25) is 0 Å². The fourth-order valence-corrected chi connectivity index (χ4v) is 3.63. The molecule has 2 aromatic carbocycles. The standard InChI is InChI=1S/C26H26N4O3/c1-18-6-5-15-30-24(31)16-20(29-25(18)30)17-28-23-8-4-3-7-22(23)26(32)27-14-13-19-9-11-21(33-2)12-10-19/h3-12,15-16,28H,13-14,17H2,1-2H3,(H,27,32). The van der Waals surface area contributed by atoms with Crippen LogP contribution in [0.1, 0.15) is 27.2 Å². The van der Waals surface area contributed by atoms with Gasteiger partial charge in [0.1, 0.15) is 11.4 Å². The van der Waals surface area contributed by atoms with Gasteiger partial charge in [0.15, 0.2) is 0 Å². The van der Waals surface area contributed by atoms with E-state index in [1.54, 1.807) is 19.4 Å². The van der Waals surface area contributed by atoms with Crippen molar-refractivity contribution in [1.29, 1.82) is 0 Å². The van der Waals surface area contributed by atoms with E-state index in [0.29, 0.717) is 35.7 Å². The lowest BCUT2D eigenvalue weighted by Gasteiger charge is -2.13. The molecule has 0 saturated carbocycles. The predicted molar refractivity (Wildman–Crippen MR) is 129 cm³/mol. The molecule has 0 unspecified atom stereocenters. The third kappa shape index (κ3) is 5.20. The fraction of sp³-hybridized carbons (Fsp3) is 0.192. The molecule has 2 N–H and O–H groups in total. The number of para-hydroxylation sites is 1. The molecular weight excluding hydrogens is 416 g/mol. The summed E-state index contributed by atoms with van der Waals surface area (Å²) in [5.74, 6) is 0.649. The van der Waals surface area contributed by atoms with Gasteiger partial charge >= 0.3 is 0 Å². The van der Waals surface area contributed by atoms with E-state index in [4.69, 9.17) is 4.74 Å². The number of ether oxygens (including phenoxy) is 1. The largest absolute Gasteiger partial charge is 0.497 e. The van der Waals surface area contributed by atoms with Crippen molar-refractivity contribution in [3.05, 3.63) is 106 Å². The van der Waals surface area contributed by atoms with Crippen molar-refractivity contribution in [1.82, 2.24) is 14.7 Å². The van der Waals surface area contributed by atoms with Gasteiger partial charge in [0.05, 0.1) is 24.9 Å². The Morgan fingerprint density at radius 2 is 1.85 bits per heavy atom. The first-order valence-electron chi connectivity index (χ1n) is 10.8. The smallest absolute Gasteiger partial charge is 0.258 e. The number of aromatic nitrogens is 2. The van der Waals surface area contributed by atoms with E-state index in [0.717, 1.165) is 23.3 Å². The van der Waals surface area contributed by atoms with Crippen LogP contribution in [0.25, 0.3) is 5.65 Å². The summed E-state index contributed by atoms with van der Waals surface area (Å²) in [6.45, 7) is 2.77. The van der Waals surface area contributed by atoms with Crippen LogP contribution in [0.3, 0.4) is 0 Å². The molecule has 168 valence electrons. The number of hydrogen-bond donors (Lipinski definition) is 2. The van der Waals surface area contributed by atoms with Crippen LogP contribution in [0.4, 0.5) is 5.69 Å². The summed E-state index contributed by atoms with van der Waals surface area (Å²) < 4.78 is 6.70. The van der Waals surface area contributed by atoms with Gasteiger partial charge in [-0.2, -0.15) is 0 Å². The molecule has 2 aromatic heterocycles. The normalized spacial score (nSPS) is 10.7. The van der Waals surface area contributed by atoms with Crippen molar-refractivity contribution in [3.63, 3.8) is 0 Å². The summed E-state index contributed by atoms with van der Waals surface area (Å²) in [5.41, 5.74) is 4.38. The first-order chi connectivity index (χ1) is 16.0. The van der Waals surface area contributed by atoms with Crippen molar-refractivity contribution < 1.29 is 9.53 Å². The van der Waals surface area contributed by atoms with Crippen molar-refractivity contribution >= 4 is 17.2 Å². The summed E-state index contributed by atoms with van der Waals surface area (Å²) in [6.07, 6.45) is 2.43. The Morgan fingerprint density at radius 1 is 1.06 bits per heavy atom. The number of aryl methyl sites for hydroxylation is 1. The van der Waals surface area contributed by atoms with Gasteiger partial charge in [0.25, 0.3) is 11.5 Å². The number of fused-ring (bicyclic) bond motifs is 1. The molecule has 0 aliphatic carbocycles. The molecule has 1 amide bonds. The van der Waals surface area contributed by atoms with E-state index < -0.39 is 0 Å². The summed E-state index contributed by atoms with van der Waals surface area (Å²) in [7, 11) is 1.64. The second kappa shape index (κ2) is 9.99. The third-order valence-electron chi connectivity index (χ3n) is 5.43. The number of nitrogens with zero attached hydrogens (tertiary/aromatic N) is 2. The average Bonchev–Trinajstić information content (AvgIpc) is 2.84. The number of methoxy groups -OCH3 is 1. The highest BCUT2D eigenvalue weighted by Gasteiger charge is 2.11. The molecular formula is C26H26N4O3. The Kier molecular flexibility index (Phi) is 6.69. The van der Waals surface area contributed by atoms with Gasteiger partial charge in [0.2, 0.25) is 0 Å². The van der Waals surface area contributed by atoms with Gasteiger partial charge in [-0.15, -0.1) is 0 Å². The Hall–Kier alpha value is -4.13. The number of carbonyl (C=O) groups excluding carboxylic acids is 1. The Balaban J connectivity index is 1.42. The highest BCUT2D eigenvalue weighted by Crippen LogP contribution is 2.16. The molecule has 33 heavy (non-hydrogen) atoms. The van der Waals surface area contributed by atoms with E-state index in [-0.39, 0.29) is 11.5 Å². The predicted octanol–water partition coefficient (Wildman–Crippen LogP) is 3.60.